The highest BCUT2D eigenvalue weighted by Gasteiger charge is 2.30. The summed E-state index contributed by atoms with van der Waals surface area (Å²) in [6.07, 6.45) is 8.96. The number of allylic oxidation sites excluding steroid dienone is 2. The van der Waals surface area contributed by atoms with Crippen molar-refractivity contribution in [1.29, 1.82) is 0 Å². The SMILES string of the molecule is CCCc1cc2c(c(O)c1C(=O)O)C=C[C@@](C)(CCC=C(C)C)O2. The molecule has 130 valence electrons. The second kappa shape index (κ2) is 7.12. The topological polar surface area (TPSA) is 66.8 Å². The van der Waals surface area contributed by atoms with Crippen LogP contribution in [0.2, 0.25) is 0 Å². The fourth-order valence-electron chi connectivity index (χ4n) is 2.99. The molecule has 4 nitrogen and oxygen atoms in total. The number of aryl methyl sites for hydroxylation is 1. The third-order valence-corrected chi connectivity index (χ3v) is 4.26. The minimum absolute atomic E-state index is 0.0167. The Morgan fingerprint density at radius 2 is 2.08 bits per heavy atom. The summed E-state index contributed by atoms with van der Waals surface area (Å²) in [4.78, 5) is 11.5. The van der Waals surface area contributed by atoms with Gasteiger partial charge < -0.3 is 14.9 Å². The van der Waals surface area contributed by atoms with Crippen molar-refractivity contribution < 1.29 is 19.7 Å². The quantitative estimate of drug-likeness (QED) is 0.724. The average molecular weight is 330 g/mol. The average Bonchev–Trinajstić information content (AvgIpc) is 2.46. The summed E-state index contributed by atoms with van der Waals surface area (Å²) in [5, 5.41) is 19.8. The smallest absolute Gasteiger partial charge is 0.339 e. The molecular weight excluding hydrogens is 304 g/mol. The third-order valence-electron chi connectivity index (χ3n) is 4.26. The van der Waals surface area contributed by atoms with E-state index in [0.717, 1.165) is 19.3 Å². The van der Waals surface area contributed by atoms with Gasteiger partial charge >= 0.3 is 5.97 Å². The molecule has 0 fully saturated rings. The van der Waals surface area contributed by atoms with Crippen LogP contribution in [0.1, 0.15) is 68.4 Å². The fraction of sp³-hybridized carbons (Fsp3) is 0.450. The molecular formula is C20H26O4. The van der Waals surface area contributed by atoms with Crippen molar-refractivity contribution in [2.45, 2.75) is 59.0 Å². The number of phenols is 1. The number of benzene rings is 1. The molecule has 0 aromatic heterocycles. The predicted molar refractivity (Wildman–Crippen MR) is 95.8 cm³/mol. The molecule has 1 heterocycles. The van der Waals surface area contributed by atoms with Crippen LogP contribution in [0.3, 0.4) is 0 Å². The van der Waals surface area contributed by atoms with Crippen LogP contribution in [-0.4, -0.2) is 21.8 Å². The molecule has 1 aliphatic heterocycles. The van der Waals surface area contributed by atoms with E-state index in [-0.39, 0.29) is 11.3 Å². The van der Waals surface area contributed by atoms with Gasteiger partial charge in [-0.3, -0.25) is 0 Å². The maximum absolute atomic E-state index is 11.5. The van der Waals surface area contributed by atoms with Crippen molar-refractivity contribution in [2.24, 2.45) is 0 Å². The molecule has 0 bridgehead atoms. The summed E-state index contributed by atoms with van der Waals surface area (Å²) >= 11 is 0. The van der Waals surface area contributed by atoms with E-state index < -0.39 is 11.6 Å². The van der Waals surface area contributed by atoms with Crippen LogP contribution in [0.25, 0.3) is 6.08 Å². The van der Waals surface area contributed by atoms with Gasteiger partial charge in [0.25, 0.3) is 0 Å². The van der Waals surface area contributed by atoms with Gasteiger partial charge in [0.05, 0.1) is 5.56 Å². The van der Waals surface area contributed by atoms with E-state index in [2.05, 4.69) is 19.9 Å². The number of carboxylic acids is 1. The summed E-state index contributed by atoms with van der Waals surface area (Å²) in [6, 6.07) is 1.77. The Morgan fingerprint density at radius 3 is 2.67 bits per heavy atom. The monoisotopic (exact) mass is 330 g/mol. The lowest BCUT2D eigenvalue weighted by molar-refractivity contribution is 0.0692. The second-order valence-electron chi connectivity index (χ2n) is 6.79. The molecule has 2 rings (SSSR count). The van der Waals surface area contributed by atoms with Gasteiger partial charge in [-0.05, 0) is 63.8 Å². The number of fused-ring (bicyclic) bond motifs is 1. The van der Waals surface area contributed by atoms with Crippen molar-refractivity contribution in [3.63, 3.8) is 0 Å². The van der Waals surface area contributed by atoms with Crippen molar-refractivity contribution >= 4 is 12.0 Å². The number of hydrogen-bond donors (Lipinski definition) is 2. The van der Waals surface area contributed by atoms with Crippen LogP contribution >= 0.6 is 0 Å². The second-order valence-corrected chi connectivity index (χ2v) is 6.79. The zero-order chi connectivity index (χ0) is 17.9. The molecule has 0 saturated heterocycles. The van der Waals surface area contributed by atoms with E-state index in [9.17, 15) is 15.0 Å². The summed E-state index contributed by atoms with van der Waals surface area (Å²) in [7, 11) is 0. The predicted octanol–water partition coefficient (Wildman–Crippen LogP) is 4.95. The number of carboxylic acid groups (broad SMARTS) is 1. The highest BCUT2D eigenvalue weighted by atomic mass is 16.5. The summed E-state index contributed by atoms with van der Waals surface area (Å²) < 4.78 is 6.13. The highest BCUT2D eigenvalue weighted by Crippen LogP contribution is 2.41. The lowest BCUT2D eigenvalue weighted by atomic mass is 9.91. The Hall–Kier alpha value is -2.23. The number of aromatic hydroxyl groups is 1. The van der Waals surface area contributed by atoms with Gasteiger partial charge in [0.15, 0.2) is 0 Å². The van der Waals surface area contributed by atoms with E-state index >= 15 is 0 Å². The molecule has 0 aliphatic carbocycles. The van der Waals surface area contributed by atoms with Crippen molar-refractivity contribution in [3.8, 4) is 11.5 Å². The van der Waals surface area contributed by atoms with E-state index in [1.807, 2.05) is 19.9 Å². The number of rotatable bonds is 6. The first-order valence-electron chi connectivity index (χ1n) is 8.41. The molecule has 0 unspecified atom stereocenters. The molecule has 0 radical (unpaired) electrons. The molecule has 0 spiro atoms. The van der Waals surface area contributed by atoms with E-state index in [1.54, 1.807) is 12.1 Å². The Labute approximate surface area is 143 Å². The molecule has 4 heteroatoms. The fourth-order valence-corrected chi connectivity index (χ4v) is 2.99. The number of aromatic carboxylic acids is 1. The molecule has 1 aromatic carbocycles. The normalized spacial score (nSPS) is 18.7. The van der Waals surface area contributed by atoms with E-state index in [4.69, 9.17) is 4.74 Å². The first kappa shape index (κ1) is 18.1. The molecule has 1 atom stereocenters. The zero-order valence-electron chi connectivity index (χ0n) is 14.8. The highest BCUT2D eigenvalue weighted by molar-refractivity contribution is 5.95. The molecule has 2 N–H and O–H groups in total. The summed E-state index contributed by atoms with van der Waals surface area (Å²) in [5.41, 5.74) is 1.86. The third kappa shape index (κ3) is 3.81. The lowest BCUT2D eigenvalue weighted by Crippen LogP contribution is -2.32. The van der Waals surface area contributed by atoms with Gasteiger partial charge in [0.2, 0.25) is 0 Å². The first-order chi connectivity index (χ1) is 11.3. The van der Waals surface area contributed by atoms with Crippen LogP contribution in [0.5, 0.6) is 11.5 Å². The maximum Gasteiger partial charge on any atom is 0.339 e. The van der Waals surface area contributed by atoms with E-state index in [1.165, 1.54) is 5.57 Å². The lowest BCUT2D eigenvalue weighted by Gasteiger charge is -2.32. The largest absolute Gasteiger partial charge is 0.506 e. The van der Waals surface area contributed by atoms with Gasteiger partial charge in [0.1, 0.15) is 22.7 Å². The number of ether oxygens (including phenoxy) is 1. The van der Waals surface area contributed by atoms with Gasteiger partial charge in [-0.2, -0.15) is 0 Å². The van der Waals surface area contributed by atoms with Crippen molar-refractivity contribution in [2.75, 3.05) is 0 Å². The summed E-state index contributed by atoms with van der Waals surface area (Å²) in [5.74, 6) is -0.752. The summed E-state index contributed by atoms with van der Waals surface area (Å²) in [6.45, 7) is 8.12. The van der Waals surface area contributed by atoms with Crippen molar-refractivity contribution in [3.05, 3.63) is 40.5 Å². The van der Waals surface area contributed by atoms with E-state index in [0.29, 0.717) is 23.3 Å². The number of hydrogen-bond acceptors (Lipinski definition) is 3. The Balaban J connectivity index is 2.38. The molecule has 0 amide bonds. The van der Waals surface area contributed by atoms with Crippen LogP contribution < -0.4 is 4.74 Å². The van der Waals surface area contributed by atoms with Gasteiger partial charge in [-0.1, -0.05) is 25.0 Å². The Morgan fingerprint density at radius 1 is 1.38 bits per heavy atom. The molecule has 1 aromatic rings. The number of carbonyl (C=O) groups is 1. The first-order valence-corrected chi connectivity index (χ1v) is 8.41. The molecule has 1 aliphatic rings. The zero-order valence-corrected chi connectivity index (χ0v) is 14.8. The minimum atomic E-state index is -1.11. The standard InChI is InChI=1S/C20H26O4/c1-5-7-14-12-16-15(18(21)17(14)19(22)23)9-11-20(4,24-16)10-6-8-13(2)3/h8-9,11-12,21H,5-7,10H2,1-4H3,(H,22,23)/t20-/m1/s1. The molecule has 0 saturated carbocycles. The Kier molecular flexibility index (Phi) is 5.37. The van der Waals surface area contributed by atoms with Crippen LogP contribution in [0.15, 0.2) is 23.8 Å². The maximum atomic E-state index is 11.5. The Bertz CT molecular complexity index is 696. The van der Waals surface area contributed by atoms with Crippen LogP contribution in [0.4, 0.5) is 0 Å². The molecule has 24 heavy (non-hydrogen) atoms. The van der Waals surface area contributed by atoms with Gasteiger partial charge in [-0.25, -0.2) is 4.79 Å². The van der Waals surface area contributed by atoms with Crippen LogP contribution in [-0.2, 0) is 6.42 Å². The van der Waals surface area contributed by atoms with Gasteiger partial charge in [-0.15, -0.1) is 0 Å². The minimum Gasteiger partial charge on any atom is -0.506 e. The van der Waals surface area contributed by atoms with Crippen molar-refractivity contribution in [1.82, 2.24) is 0 Å². The van der Waals surface area contributed by atoms with Crippen LogP contribution in [0, 0.1) is 0 Å². The van der Waals surface area contributed by atoms with Gasteiger partial charge in [0, 0.05) is 0 Å².